The molecule has 19 heavy (non-hydrogen) atoms. The molecule has 0 aliphatic carbocycles. The first-order valence-corrected chi connectivity index (χ1v) is 7.04. The van der Waals surface area contributed by atoms with Crippen LogP contribution in [0.2, 0.25) is 0 Å². The Morgan fingerprint density at radius 1 is 1.21 bits per heavy atom. The van der Waals surface area contributed by atoms with Crippen molar-refractivity contribution in [3.8, 4) is 0 Å². The monoisotopic (exact) mass is 321 g/mol. The molecule has 2 aromatic rings. The summed E-state index contributed by atoms with van der Waals surface area (Å²) in [5.74, 6) is -0.211. The van der Waals surface area contributed by atoms with E-state index in [0.29, 0.717) is 12.0 Å². The third kappa shape index (κ3) is 3.23. The fourth-order valence-electron chi connectivity index (χ4n) is 2.40. The highest BCUT2D eigenvalue weighted by Gasteiger charge is 2.16. The Balaban J connectivity index is 2.31. The molecule has 0 aromatic heterocycles. The first-order chi connectivity index (χ1) is 8.99. The first kappa shape index (κ1) is 14.2. The molecule has 0 aliphatic rings. The predicted molar refractivity (Wildman–Crippen MR) is 80.6 cm³/mol. The molecule has 0 aliphatic heterocycles. The number of hydrogen-bond acceptors (Lipinski definition) is 1. The second-order valence-electron chi connectivity index (χ2n) is 4.88. The van der Waals surface area contributed by atoms with Crippen LogP contribution in [0.3, 0.4) is 0 Å². The quantitative estimate of drug-likeness (QED) is 0.888. The summed E-state index contributed by atoms with van der Waals surface area (Å²) in [6.45, 7) is 3.80. The van der Waals surface area contributed by atoms with Crippen molar-refractivity contribution in [3.05, 3.63) is 68.9 Å². The molecule has 0 bridgehead atoms. The number of halogens is 2. The average Bonchev–Trinajstić information content (AvgIpc) is 2.30. The molecule has 100 valence electrons. The summed E-state index contributed by atoms with van der Waals surface area (Å²) in [6.07, 6.45) is 0.613. The molecule has 0 saturated carbocycles. The number of hydrogen-bond donors (Lipinski definition) is 1. The molecule has 0 fully saturated rings. The van der Waals surface area contributed by atoms with Gasteiger partial charge in [-0.25, -0.2) is 4.39 Å². The van der Waals surface area contributed by atoms with Gasteiger partial charge in [0.25, 0.3) is 0 Å². The standard InChI is InChI=1S/C16H17BrFN/c1-10-7-11(2)16(14(18)8-10)15(19)9-12-5-3-4-6-13(12)17/h3-8,15H,9,19H2,1-2H3. The summed E-state index contributed by atoms with van der Waals surface area (Å²) in [5, 5.41) is 0. The van der Waals surface area contributed by atoms with Gasteiger partial charge in [0.05, 0.1) is 0 Å². The minimum atomic E-state index is -0.334. The van der Waals surface area contributed by atoms with Gasteiger partial charge in [0.15, 0.2) is 0 Å². The van der Waals surface area contributed by atoms with E-state index < -0.39 is 0 Å². The van der Waals surface area contributed by atoms with Gasteiger partial charge in [-0.3, -0.25) is 0 Å². The van der Waals surface area contributed by atoms with Gasteiger partial charge in [-0.15, -0.1) is 0 Å². The van der Waals surface area contributed by atoms with Gasteiger partial charge in [-0.2, -0.15) is 0 Å². The van der Waals surface area contributed by atoms with Gasteiger partial charge in [0.2, 0.25) is 0 Å². The maximum atomic E-state index is 14.1. The lowest BCUT2D eigenvalue weighted by Gasteiger charge is -2.17. The molecule has 0 heterocycles. The van der Waals surface area contributed by atoms with Crippen LogP contribution in [0.1, 0.15) is 28.3 Å². The normalized spacial score (nSPS) is 12.5. The van der Waals surface area contributed by atoms with Gasteiger partial charge < -0.3 is 5.73 Å². The average molecular weight is 322 g/mol. The summed E-state index contributed by atoms with van der Waals surface area (Å²) in [6, 6.07) is 11.1. The van der Waals surface area contributed by atoms with Crippen molar-refractivity contribution in [3.63, 3.8) is 0 Å². The van der Waals surface area contributed by atoms with E-state index in [4.69, 9.17) is 5.73 Å². The fourth-order valence-corrected chi connectivity index (χ4v) is 2.85. The minimum Gasteiger partial charge on any atom is -0.324 e. The number of aryl methyl sites for hydroxylation is 2. The summed E-state index contributed by atoms with van der Waals surface area (Å²) >= 11 is 3.50. The van der Waals surface area contributed by atoms with Crippen molar-refractivity contribution in [1.29, 1.82) is 0 Å². The van der Waals surface area contributed by atoms with Crippen LogP contribution in [0.25, 0.3) is 0 Å². The van der Waals surface area contributed by atoms with E-state index in [-0.39, 0.29) is 11.9 Å². The Hall–Kier alpha value is -1.19. The molecule has 1 nitrogen and oxygen atoms in total. The fraction of sp³-hybridized carbons (Fsp3) is 0.250. The molecule has 0 radical (unpaired) electrons. The maximum absolute atomic E-state index is 14.1. The largest absolute Gasteiger partial charge is 0.324 e. The van der Waals surface area contributed by atoms with Gasteiger partial charge in [-0.05, 0) is 49.1 Å². The Morgan fingerprint density at radius 3 is 2.53 bits per heavy atom. The summed E-state index contributed by atoms with van der Waals surface area (Å²) < 4.78 is 15.1. The van der Waals surface area contributed by atoms with Crippen LogP contribution in [0, 0.1) is 19.7 Å². The van der Waals surface area contributed by atoms with Crippen molar-refractivity contribution < 1.29 is 4.39 Å². The van der Waals surface area contributed by atoms with Gasteiger partial charge in [-0.1, -0.05) is 40.2 Å². The van der Waals surface area contributed by atoms with Crippen molar-refractivity contribution in [1.82, 2.24) is 0 Å². The lowest BCUT2D eigenvalue weighted by Crippen LogP contribution is -2.17. The van der Waals surface area contributed by atoms with E-state index in [1.807, 2.05) is 44.2 Å². The molecule has 3 heteroatoms. The zero-order valence-corrected chi connectivity index (χ0v) is 12.7. The lowest BCUT2D eigenvalue weighted by atomic mass is 9.94. The number of rotatable bonds is 3. The third-order valence-corrected chi connectivity index (χ3v) is 4.02. The Bertz CT molecular complexity index is 572. The van der Waals surface area contributed by atoms with Gasteiger partial charge in [0.1, 0.15) is 5.82 Å². The summed E-state index contributed by atoms with van der Waals surface area (Å²) in [5.41, 5.74) is 9.73. The van der Waals surface area contributed by atoms with Crippen LogP contribution < -0.4 is 5.73 Å². The van der Waals surface area contributed by atoms with Crippen LogP contribution >= 0.6 is 15.9 Å². The maximum Gasteiger partial charge on any atom is 0.128 e. The van der Waals surface area contributed by atoms with Crippen LogP contribution in [0.5, 0.6) is 0 Å². The molecule has 0 spiro atoms. The van der Waals surface area contributed by atoms with Crippen LogP contribution in [0.15, 0.2) is 40.9 Å². The van der Waals surface area contributed by atoms with Crippen LogP contribution in [0.4, 0.5) is 4.39 Å². The zero-order chi connectivity index (χ0) is 14.0. The smallest absolute Gasteiger partial charge is 0.128 e. The highest BCUT2D eigenvalue weighted by Crippen LogP contribution is 2.26. The number of benzene rings is 2. The zero-order valence-electron chi connectivity index (χ0n) is 11.1. The molecule has 0 amide bonds. The molecule has 2 rings (SSSR count). The molecular formula is C16H17BrFN. The van der Waals surface area contributed by atoms with E-state index in [2.05, 4.69) is 15.9 Å². The first-order valence-electron chi connectivity index (χ1n) is 6.24. The number of nitrogens with two attached hydrogens (primary N) is 1. The lowest BCUT2D eigenvalue weighted by molar-refractivity contribution is 0.576. The molecule has 2 N–H and O–H groups in total. The second kappa shape index (κ2) is 5.85. The molecule has 1 unspecified atom stereocenters. The van der Waals surface area contributed by atoms with E-state index >= 15 is 0 Å². The topological polar surface area (TPSA) is 26.0 Å². The van der Waals surface area contributed by atoms with Crippen molar-refractivity contribution >= 4 is 15.9 Å². The molecular weight excluding hydrogens is 305 g/mol. The highest BCUT2D eigenvalue weighted by molar-refractivity contribution is 9.10. The Labute approximate surface area is 121 Å². The second-order valence-corrected chi connectivity index (χ2v) is 5.73. The van der Waals surface area contributed by atoms with Crippen LogP contribution in [-0.4, -0.2) is 0 Å². The van der Waals surface area contributed by atoms with E-state index in [1.54, 1.807) is 6.07 Å². The minimum absolute atomic E-state index is 0.211. The summed E-state index contributed by atoms with van der Waals surface area (Å²) in [7, 11) is 0. The van der Waals surface area contributed by atoms with Crippen molar-refractivity contribution in [2.24, 2.45) is 5.73 Å². The van der Waals surface area contributed by atoms with Crippen LogP contribution in [-0.2, 0) is 6.42 Å². The SMILES string of the molecule is Cc1cc(C)c(C(N)Cc2ccccc2Br)c(F)c1. The van der Waals surface area contributed by atoms with Crippen molar-refractivity contribution in [2.75, 3.05) is 0 Å². The predicted octanol–water partition coefficient (Wildman–Crippen LogP) is 4.45. The Morgan fingerprint density at radius 2 is 1.89 bits per heavy atom. The highest BCUT2D eigenvalue weighted by atomic mass is 79.9. The van der Waals surface area contributed by atoms with E-state index in [9.17, 15) is 4.39 Å². The van der Waals surface area contributed by atoms with Gasteiger partial charge in [0, 0.05) is 16.1 Å². The molecule has 2 aromatic carbocycles. The molecule has 0 saturated heterocycles. The molecule has 1 atom stereocenters. The van der Waals surface area contributed by atoms with Gasteiger partial charge >= 0.3 is 0 Å². The Kier molecular flexibility index (Phi) is 4.38. The third-order valence-electron chi connectivity index (χ3n) is 3.25. The van der Waals surface area contributed by atoms with E-state index in [1.165, 1.54) is 0 Å². The van der Waals surface area contributed by atoms with Crippen molar-refractivity contribution in [2.45, 2.75) is 26.3 Å². The van der Waals surface area contributed by atoms with E-state index in [0.717, 1.165) is 21.2 Å². The summed E-state index contributed by atoms with van der Waals surface area (Å²) in [4.78, 5) is 0.